The Morgan fingerprint density at radius 2 is 2.31 bits per heavy atom. The molecule has 6 nitrogen and oxygen atoms in total. The maximum absolute atomic E-state index is 5.13. The average Bonchev–Trinajstić information content (AvgIpc) is 3.05. The SMILES string of the molecule is c1cc(-c2nc(CNC3CC3)no2)cnn1. The van der Waals surface area contributed by atoms with Crippen LogP contribution in [-0.4, -0.2) is 26.4 Å². The second kappa shape index (κ2) is 3.97. The molecule has 0 amide bonds. The first kappa shape index (κ1) is 9.41. The van der Waals surface area contributed by atoms with Crippen molar-refractivity contribution >= 4 is 0 Å². The van der Waals surface area contributed by atoms with Crippen LogP contribution in [0.5, 0.6) is 0 Å². The van der Waals surface area contributed by atoms with E-state index >= 15 is 0 Å². The van der Waals surface area contributed by atoms with Crippen molar-refractivity contribution in [2.24, 2.45) is 0 Å². The first-order valence-electron chi connectivity index (χ1n) is 5.25. The molecule has 1 aliphatic rings. The van der Waals surface area contributed by atoms with Gasteiger partial charge in [-0.05, 0) is 18.9 Å². The van der Waals surface area contributed by atoms with Gasteiger partial charge in [-0.1, -0.05) is 5.16 Å². The number of hydrogen-bond donors (Lipinski definition) is 1. The number of nitrogens with zero attached hydrogens (tertiary/aromatic N) is 4. The minimum Gasteiger partial charge on any atom is -0.334 e. The van der Waals surface area contributed by atoms with Gasteiger partial charge in [0.1, 0.15) is 0 Å². The first-order chi connectivity index (χ1) is 7.92. The lowest BCUT2D eigenvalue weighted by atomic mass is 10.3. The van der Waals surface area contributed by atoms with Gasteiger partial charge in [0.25, 0.3) is 5.89 Å². The lowest BCUT2D eigenvalue weighted by molar-refractivity contribution is 0.419. The van der Waals surface area contributed by atoms with Crippen LogP contribution in [0.3, 0.4) is 0 Å². The molecule has 2 heterocycles. The second-order valence-electron chi connectivity index (χ2n) is 3.80. The van der Waals surface area contributed by atoms with Crippen molar-refractivity contribution in [2.75, 3.05) is 0 Å². The molecule has 0 unspecified atom stereocenters. The number of hydrogen-bond acceptors (Lipinski definition) is 6. The van der Waals surface area contributed by atoms with Crippen molar-refractivity contribution in [2.45, 2.75) is 25.4 Å². The summed E-state index contributed by atoms with van der Waals surface area (Å²) < 4.78 is 5.13. The fraction of sp³-hybridized carbons (Fsp3) is 0.400. The second-order valence-corrected chi connectivity index (χ2v) is 3.80. The normalized spacial score (nSPS) is 15.2. The molecule has 0 radical (unpaired) electrons. The number of rotatable bonds is 4. The standard InChI is InChI=1S/C10H11N5O/c1-2-8(1)11-6-9-14-10(16-15-9)7-3-4-12-13-5-7/h3-5,8,11H,1-2,6H2. The predicted molar refractivity (Wildman–Crippen MR) is 55.2 cm³/mol. The number of aromatic nitrogens is 4. The Kier molecular flexibility index (Phi) is 2.34. The first-order valence-corrected chi connectivity index (χ1v) is 5.25. The summed E-state index contributed by atoms with van der Waals surface area (Å²) in [5.74, 6) is 1.17. The Hall–Kier alpha value is -1.82. The zero-order chi connectivity index (χ0) is 10.8. The van der Waals surface area contributed by atoms with E-state index in [2.05, 4.69) is 25.7 Å². The molecule has 0 aromatic carbocycles. The van der Waals surface area contributed by atoms with E-state index < -0.39 is 0 Å². The third-order valence-corrected chi connectivity index (χ3v) is 2.43. The van der Waals surface area contributed by atoms with Crippen molar-refractivity contribution in [3.05, 3.63) is 24.3 Å². The van der Waals surface area contributed by atoms with Crippen molar-refractivity contribution in [3.8, 4) is 11.5 Å². The highest BCUT2D eigenvalue weighted by Crippen LogP contribution is 2.19. The summed E-state index contributed by atoms with van der Waals surface area (Å²) >= 11 is 0. The van der Waals surface area contributed by atoms with Crippen LogP contribution in [0, 0.1) is 0 Å². The summed E-state index contributed by atoms with van der Waals surface area (Å²) in [7, 11) is 0. The van der Waals surface area contributed by atoms with Crippen LogP contribution in [0.25, 0.3) is 11.5 Å². The van der Waals surface area contributed by atoms with Gasteiger partial charge in [0.2, 0.25) is 0 Å². The lowest BCUT2D eigenvalue weighted by Gasteiger charge is -1.94. The monoisotopic (exact) mass is 217 g/mol. The van der Waals surface area contributed by atoms with Crippen LogP contribution in [0.15, 0.2) is 23.0 Å². The molecule has 2 aromatic heterocycles. The molecule has 3 rings (SSSR count). The van der Waals surface area contributed by atoms with Crippen molar-refractivity contribution in [1.82, 2.24) is 25.7 Å². The minimum atomic E-state index is 0.488. The molecule has 2 aromatic rings. The summed E-state index contributed by atoms with van der Waals surface area (Å²) in [5, 5.41) is 14.7. The number of nitrogens with one attached hydrogen (secondary N) is 1. The third-order valence-electron chi connectivity index (χ3n) is 2.43. The van der Waals surface area contributed by atoms with Crippen molar-refractivity contribution in [3.63, 3.8) is 0 Å². The van der Waals surface area contributed by atoms with Crippen LogP contribution < -0.4 is 5.32 Å². The zero-order valence-electron chi connectivity index (χ0n) is 8.63. The molecule has 0 atom stereocenters. The molecule has 82 valence electrons. The summed E-state index contributed by atoms with van der Waals surface area (Å²) in [6.07, 6.45) is 5.70. The average molecular weight is 217 g/mol. The van der Waals surface area contributed by atoms with Gasteiger partial charge >= 0.3 is 0 Å². The fourth-order valence-corrected chi connectivity index (χ4v) is 1.38. The maximum Gasteiger partial charge on any atom is 0.259 e. The van der Waals surface area contributed by atoms with E-state index in [1.807, 2.05) is 0 Å². The van der Waals surface area contributed by atoms with Crippen LogP contribution in [0.4, 0.5) is 0 Å². The Balaban J connectivity index is 1.71. The van der Waals surface area contributed by atoms with Crippen LogP contribution in [-0.2, 0) is 6.54 Å². The van der Waals surface area contributed by atoms with E-state index in [0.29, 0.717) is 24.3 Å². The highest BCUT2D eigenvalue weighted by atomic mass is 16.5. The lowest BCUT2D eigenvalue weighted by Crippen LogP contribution is -2.16. The molecule has 16 heavy (non-hydrogen) atoms. The molecule has 0 aliphatic heterocycles. The quantitative estimate of drug-likeness (QED) is 0.815. The van der Waals surface area contributed by atoms with Crippen molar-refractivity contribution < 1.29 is 4.52 Å². The summed E-state index contributed by atoms with van der Waals surface area (Å²) in [6.45, 7) is 0.659. The van der Waals surface area contributed by atoms with Gasteiger partial charge in [-0.25, -0.2) is 0 Å². The van der Waals surface area contributed by atoms with E-state index in [1.54, 1.807) is 18.5 Å². The van der Waals surface area contributed by atoms with Gasteiger partial charge in [-0.15, -0.1) is 0 Å². The van der Waals surface area contributed by atoms with Crippen LogP contribution >= 0.6 is 0 Å². The summed E-state index contributed by atoms with van der Waals surface area (Å²) in [4.78, 5) is 4.27. The van der Waals surface area contributed by atoms with E-state index in [9.17, 15) is 0 Å². The molecule has 1 fully saturated rings. The van der Waals surface area contributed by atoms with E-state index in [4.69, 9.17) is 4.52 Å². The van der Waals surface area contributed by atoms with Gasteiger partial charge in [-0.3, -0.25) is 0 Å². The van der Waals surface area contributed by atoms with Gasteiger partial charge < -0.3 is 9.84 Å². The molecule has 6 heteroatoms. The molecular weight excluding hydrogens is 206 g/mol. The zero-order valence-corrected chi connectivity index (χ0v) is 8.63. The molecule has 1 N–H and O–H groups in total. The molecule has 0 saturated heterocycles. The molecule has 0 bridgehead atoms. The van der Waals surface area contributed by atoms with Crippen LogP contribution in [0.1, 0.15) is 18.7 Å². The molecule has 1 aliphatic carbocycles. The van der Waals surface area contributed by atoms with Gasteiger partial charge in [-0.2, -0.15) is 15.2 Å². The van der Waals surface area contributed by atoms with Crippen LogP contribution in [0.2, 0.25) is 0 Å². The van der Waals surface area contributed by atoms with E-state index in [1.165, 1.54) is 12.8 Å². The smallest absolute Gasteiger partial charge is 0.259 e. The maximum atomic E-state index is 5.13. The van der Waals surface area contributed by atoms with Crippen molar-refractivity contribution in [1.29, 1.82) is 0 Å². The highest BCUT2D eigenvalue weighted by molar-refractivity contribution is 5.49. The Labute approximate surface area is 92.1 Å². The summed E-state index contributed by atoms with van der Waals surface area (Å²) in [5.41, 5.74) is 0.792. The van der Waals surface area contributed by atoms with E-state index in [-0.39, 0.29) is 0 Å². The third kappa shape index (κ3) is 2.06. The van der Waals surface area contributed by atoms with Gasteiger partial charge in [0.05, 0.1) is 24.5 Å². The topological polar surface area (TPSA) is 76.7 Å². The van der Waals surface area contributed by atoms with Gasteiger partial charge in [0.15, 0.2) is 5.82 Å². The van der Waals surface area contributed by atoms with E-state index in [0.717, 1.165) is 5.56 Å². The Morgan fingerprint density at radius 1 is 1.38 bits per heavy atom. The minimum absolute atomic E-state index is 0.488. The van der Waals surface area contributed by atoms with Gasteiger partial charge in [0, 0.05) is 6.04 Å². The molecule has 1 saturated carbocycles. The largest absolute Gasteiger partial charge is 0.334 e. The predicted octanol–water partition coefficient (Wildman–Crippen LogP) is 0.779. The Morgan fingerprint density at radius 3 is 3.06 bits per heavy atom. The molecular formula is C10H11N5O. The summed E-state index contributed by atoms with van der Waals surface area (Å²) in [6, 6.07) is 2.43. The fourth-order valence-electron chi connectivity index (χ4n) is 1.38. The highest BCUT2D eigenvalue weighted by Gasteiger charge is 2.21. The Bertz CT molecular complexity index is 465. The molecule has 0 spiro atoms.